The van der Waals surface area contributed by atoms with Gasteiger partial charge in [-0.25, -0.2) is 0 Å². The number of carbonyl (C=O) groups excluding carboxylic acids is 2. The molecule has 2 atom stereocenters. The zero-order valence-corrected chi connectivity index (χ0v) is 10.5. The summed E-state index contributed by atoms with van der Waals surface area (Å²) in [6.45, 7) is 0.292. The number of nitrogens with zero attached hydrogens (tertiary/aromatic N) is 2. The van der Waals surface area contributed by atoms with Crippen molar-refractivity contribution in [1.82, 2.24) is 4.90 Å². The van der Waals surface area contributed by atoms with Crippen LogP contribution in [0.2, 0.25) is 0 Å². The molecule has 4 nitrogen and oxygen atoms in total. The number of likely N-dealkylation sites (tertiary alicyclic amines) is 1. The van der Waals surface area contributed by atoms with E-state index in [2.05, 4.69) is 6.07 Å². The largest absolute Gasteiger partial charge is 0.278 e. The lowest BCUT2D eigenvalue weighted by Gasteiger charge is -2.15. The summed E-state index contributed by atoms with van der Waals surface area (Å²) in [5.74, 6) is -0.247. The first-order valence-electron chi connectivity index (χ1n) is 6.55. The molecular formula is C15H14N2O2. The molecule has 1 aromatic carbocycles. The maximum absolute atomic E-state index is 12.2. The number of benzene rings is 1. The minimum atomic E-state index is -0.0911. The lowest BCUT2D eigenvalue weighted by molar-refractivity contribution is -0.141. The molecule has 0 aromatic heterocycles. The number of imide groups is 1. The Labute approximate surface area is 111 Å². The van der Waals surface area contributed by atoms with Crippen LogP contribution in [-0.2, 0) is 16.1 Å². The lowest BCUT2D eigenvalue weighted by atomic mass is 10.00. The first-order chi connectivity index (χ1) is 9.20. The highest BCUT2D eigenvalue weighted by molar-refractivity contribution is 6.05. The number of carbonyl (C=O) groups is 2. The van der Waals surface area contributed by atoms with Gasteiger partial charge in [-0.2, -0.15) is 5.26 Å². The number of amides is 2. The van der Waals surface area contributed by atoms with Gasteiger partial charge in [0.2, 0.25) is 11.8 Å². The average Bonchev–Trinajstić information content (AvgIpc) is 2.99. The lowest BCUT2D eigenvalue weighted by Crippen LogP contribution is -2.31. The van der Waals surface area contributed by atoms with Gasteiger partial charge in [0, 0.05) is 0 Å². The van der Waals surface area contributed by atoms with E-state index in [1.165, 1.54) is 4.90 Å². The summed E-state index contributed by atoms with van der Waals surface area (Å²) in [6, 6.07) is 9.13. The van der Waals surface area contributed by atoms with Crippen molar-refractivity contribution in [3.63, 3.8) is 0 Å². The Morgan fingerprint density at radius 3 is 2.53 bits per heavy atom. The normalized spacial score (nSPS) is 25.5. The van der Waals surface area contributed by atoms with Gasteiger partial charge in [0.1, 0.15) is 0 Å². The minimum absolute atomic E-state index is 0.0325. The predicted octanol–water partition coefficient (Wildman–Crippen LogP) is 1.84. The number of fused-ring (bicyclic) bond motifs is 1. The molecular weight excluding hydrogens is 240 g/mol. The van der Waals surface area contributed by atoms with Gasteiger partial charge >= 0.3 is 0 Å². The summed E-state index contributed by atoms with van der Waals surface area (Å²) >= 11 is 0. The van der Waals surface area contributed by atoms with E-state index < -0.39 is 0 Å². The molecule has 3 rings (SSSR count). The second kappa shape index (κ2) is 4.51. The monoisotopic (exact) mass is 254 g/mol. The van der Waals surface area contributed by atoms with E-state index in [4.69, 9.17) is 5.26 Å². The SMILES string of the molecule is N#Cc1cccc(CN2C(=O)C3CCCC3C2=O)c1. The third-order valence-corrected chi connectivity index (χ3v) is 4.08. The highest BCUT2D eigenvalue weighted by atomic mass is 16.2. The van der Waals surface area contributed by atoms with Gasteiger partial charge in [0.15, 0.2) is 0 Å². The third kappa shape index (κ3) is 1.91. The smallest absolute Gasteiger partial charge is 0.233 e. The zero-order valence-electron chi connectivity index (χ0n) is 10.5. The zero-order chi connectivity index (χ0) is 13.4. The molecule has 19 heavy (non-hydrogen) atoms. The Hall–Kier alpha value is -2.15. The molecule has 4 heteroatoms. The van der Waals surface area contributed by atoms with Gasteiger partial charge in [0.25, 0.3) is 0 Å². The molecule has 0 radical (unpaired) electrons. The highest BCUT2D eigenvalue weighted by Gasteiger charge is 2.49. The summed E-state index contributed by atoms with van der Waals surface area (Å²) in [4.78, 5) is 25.8. The Kier molecular flexibility index (Phi) is 2.83. The minimum Gasteiger partial charge on any atom is -0.278 e. The van der Waals surface area contributed by atoms with Crippen LogP contribution < -0.4 is 0 Å². The van der Waals surface area contributed by atoms with Crippen molar-refractivity contribution in [2.24, 2.45) is 11.8 Å². The van der Waals surface area contributed by atoms with E-state index in [9.17, 15) is 9.59 Å². The molecule has 1 saturated carbocycles. The van der Waals surface area contributed by atoms with Crippen molar-refractivity contribution < 1.29 is 9.59 Å². The fourth-order valence-electron chi connectivity index (χ4n) is 3.14. The topological polar surface area (TPSA) is 61.2 Å². The standard InChI is InChI=1S/C15H14N2O2/c16-8-10-3-1-4-11(7-10)9-17-14(18)12-5-2-6-13(12)15(17)19/h1,3-4,7,12-13H,2,5-6,9H2. The molecule has 0 spiro atoms. The highest BCUT2D eigenvalue weighted by Crippen LogP contribution is 2.40. The van der Waals surface area contributed by atoms with Gasteiger partial charge in [0.05, 0.1) is 30.0 Å². The van der Waals surface area contributed by atoms with Crippen LogP contribution in [0, 0.1) is 23.2 Å². The van der Waals surface area contributed by atoms with Gasteiger partial charge in [-0.05, 0) is 30.5 Å². The van der Waals surface area contributed by atoms with E-state index in [0.717, 1.165) is 24.8 Å². The molecule has 0 N–H and O–H groups in total. The molecule has 1 aliphatic carbocycles. The Balaban J connectivity index is 1.82. The summed E-state index contributed by atoms with van der Waals surface area (Å²) in [5, 5.41) is 8.86. The van der Waals surface area contributed by atoms with Crippen LogP contribution in [0.15, 0.2) is 24.3 Å². The Morgan fingerprint density at radius 1 is 1.21 bits per heavy atom. The summed E-state index contributed by atoms with van der Waals surface area (Å²) < 4.78 is 0. The van der Waals surface area contributed by atoms with Gasteiger partial charge in [-0.3, -0.25) is 14.5 Å². The van der Waals surface area contributed by atoms with Crippen LogP contribution in [-0.4, -0.2) is 16.7 Å². The number of rotatable bonds is 2. The first-order valence-corrected chi connectivity index (χ1v) is 6.55. The summed E-state index contributed by atoms with van der Waals surface area (Å²) in [5.41, 5.74) is 1.39. The molecule has 2 aliphatic rings. The maximum Gasteiger partial charge on any atom is 0.233 e. The molecule has 96 valence electrons. The van der Waals surface area contributed by atoms with Crippen LogP contribution in [0.3, 0.4) is 0 Å². The Bertz CT molecular complexity index is 566. The Morgan fingerprint density at radius 2 is 1.89 bits per heavy atom. The van der Waals surface area contributed by atoms with Crippen molar-refractivity contribution >= 4 is 11.8 Å². The van der Waals surface area contributed by atoms with Crippen molar-refractivity contribution in [1.29, 1.82) is 5.26 Å². The molecule has 2 amide bonds. The van der Waals surface area contributed by atoms with Gasteiger partial charge < -0.3 is 0 Å². The van der Waals surface area contributed by atoms with Gasteiger partial charge in [-0.15, -0.1) is 0 Å². The van der Waals surface area contributed by atoms with E-state index in [0.29, 0.717) is 12.1 Å². The number of hydrogen-bond donors (Lipinski definition) is 0. The molecule has 2 unspecified atom stereocenters. The summed E-state index contributed by atoms with van der Waals surface area (Å²) in [7, 11) is 0. The van der Waals surface area contributed by atoms with E-state index in [-0.39, 0.29) is 23.7 Å². The number of nitriles is 1. The number of hydrogen-bond acceptors (Lipinski definition) is 3. The molecule has 1 aromatic rings. The van der Waals surface area contributed by atoms with Crippen LogP contribution in [0.25, 0.3) is 0 Å². The predicted molar refractivity (Wildman–Crippen MR) is 67.5 cm³/mol. The molecule has 1 aliphatic heterocycles. The van der Waals surface area contributed by atoms with Crippen LogP contribution in [0.4, 0.5) is 0 Å². The van der Waals surface area contributed by atoms with Crippen molar-refractivity contribution in [2.75, 3.05) is 0 Å². The third-order valence-electron chi connectivity index (χ3n) is 4.08. The van der Waals surface area contributed by atoms with E-state index in [1.54, 1.807) is 18.2 Å². The van der Waals surface area contributed by atoms with Crippen LogP contribution in [0.1, 0.15) is 30.4 Å². The molecule has 0 bridgehead atoms. The average molecular weight is 254 g/mol. The summed E-state index contributed by atoms with van der Waals surface area (Å²) in [6.07, 6.45) is 2.65. The molecule has 2 fully saturated rings. The van der Waals surface area contributed by atoms with Crippen LogP contribution >= 0.6 is 0 Å². The molecule has 1 heterocycles. The second-order valence-corrected chi connectivity index (χ2v) is 5.22. The van der Waals surface area contributed by atoms with E-state index in [1.807, 2.05) is 6.07 Å². The second-order valence-electron chi connectivity index (χ2n) is 5.22. The quantitative estimate of drug-likeness (QED) is 0.756. The first kappa shape index (κ1) is 11.9. The van der Waals surface area contributed by atoms with Crippen LogP contribution in [0.5, 0.6) is 0 Å². The maximum atomic E-state index is 12.2. The van der Waals surface area contributed by atoms with Crippen molar-refractivity contribution in [2.45, 2.75) is 25.8 Å². The van der Waals surface area contributed by atoms with Crippen molar-refractivity contribution in [3.8, 4) is 6.07 Å². The fraction of sp³-hybridized carbons (Fsp3) is 0.400. The van der Waals surface area contributed by atoms with Crippen molar-refractivity contribution in [3.05, 3.63) is 35.4 Å². The fourth-order valence-corrected chi connectivity index (χ4v) is 3.14. The van der Waals surface area contributed by atoms with E-state index >= 15 is 0 Å². The van der Waals surface area contributed by atoms with Gasteiger partial charge in [-0.1, -0.05) is 18.6 Å². The molecule has 1 saturated heterocycles.